The first-order chi connectivity index (χ1) is 15.7. The molecule has 0 radical (unpaired) electrons. The number of piperazine rings is 1. The van der Waals surface area contributed by atoms with Crippen LogP contribution in [0.4, 0.5) is 0 Å². The molecule has 1 heterocycles. The highest BCUT2D eigenvalue weighted by molar-refractivity contribution is 7.89. The minimum absolute atomic E-state index is 0.0191. The van der Waals surface area contributed by atoms with Crippen molar-refractivity contribution < 1.29 is 18.0 Å². The SMILES string of the molecule is CC(=O)NC12C[C@H]3C[C@@H](C1)CC(C(=O)N1CCN(S(=O)(=O)c4ccccc4C#N)CC1)(C3)C2. The topological polar surface area (TPSA) is 111 Å². The number of carbonyl (C=O) groups excluding carboxylic acids is 2. The highest BCUT2D eigenvalue weighted by Gasteiger charge is 2.61. The summed E-state index contributed by atoms with van der Waals surface area (Å²) in [6, 6.07) is 8.19. The highest BCUT2D eigenvalue weighted by Crippen LogP contribution is 2.62. The van der Waals surface area contributed by atoms with E-state index in [1.807, 2.05) is 11.0 Å². The zero-order valence-corrected chi connectivity index (χ0v) is 19.7. The third kappa shape index (κ3) is 3.73. The van der Waals surface area contributed by atoms with Crippen molar-refractivity contribution in [3.8, 4) is 6.07 Å². The van der Waals surface area contributed by atoms with E-state index in [-0.39, 0.29) is 40.9 Å². The molecule has 1 saturated heterocycles. The molecule has 1 aromatic rings. The number of hydrogen-bond acceptors (Lipinski definition) is 5. The van der Waals surface area contributed by atoms with E-state index in [4.69, 9.17) is 0 Å². The van der Waals surface area contributed by atoms with Crippen LogP contribution < -0.4 is 5.32 Å². The number of benzene rings is 1. The fourth-order valence-electron chi connectivity index (χ4n) is 7.42. The average molecular weight is 471 g/mol. The molecule has 176 valence electrons. The van der Waals surface area contributed by atoms with E-state index >= 15 is 0 Å². The second-order valence-electron chi connectivity index (χ2n) is 10.5. The molecule has 2 amide bonds. The molecule has 33 heavy (non-hydrogen) atoms. The van der Waals surface area contributed by atoms with Crippen molar-refractivity contribution in [3.05, 3.63) is 29.8 Å². The van der Waals surface area contributed by atoms with Crippen LogP contribution in [-0.2, 0) is 19.6 Å². The predicted molar refractivity (Wildman–Crippen MR) is 120 cm³/mol. The van der Waals surface area contributed by atoms with E-state index in [0.717, 1.165) is 32.1 Å². The molecule has 2 unspecified atom stereocenters. The Labute approximate surface area is 195 Å². The molecule has 0 aromatic heterocycles. The predicted octanol–water partition coefficient (Wildman–Crippen LogP) is 1.87. The molecule has 0 spiro atoms. The lowest BCUT2D eigenvalue weighted by molar-refractivity contribution is -0.164. The largest absolute Gasteiger partial charge is 0.351 e. The number of nitrogens with zero attached hydrogens (tertiary/aromatic N) is 3. The Bertz CT molecular complexity index is 1120. The van der Waals surface area contributed by atoms with Crippen molar-refractivity contribution in [1.82, 2.24) is 14.5 Å². The number of rotatable bonds is 4. The number of carbonyl (C=O) groups is 2. The normalized spacial score (nSPS) is 33.5. The fraction of sp³-hybridized carbons (Fsp3) is 0.625. The third-order valence-corrected chi connectivity index (χ3v) is 10.1. The maximum absolute atomic E-state index is 13.8. The highest BCUT2D eigenvalue weighted by atomic mass is 32.2. The van der Waals surface area contributed by atoms with E-state index in [2.05, 4.69) is 5.32 Å². The summed E-state index contributed by atoms with van der Waals surface area (Å²) in [7, 11) is -3.80. The third-order valence-electron chi connectivity index (χ3n) is 8.11. The van der Waals surface area contributed by atoms with Crippen molar-refractivity contribution in [3.63, 3.8) is 0 Å². The van der Waals surface area contributed by atoms with Gasteiger partial charge in [-0.15, -0.1) is 0 Å². The van der Waals surface area contributed by atoms with Gasteiger partial charge in [0.05, 0.1) is 15.9 Å². The van der Waals surface area contributed by atoms with E-state index < -0.39 is 15.4 Å². The van der Waals surface area contributed by atoms with Crippen molar-refractivity contribution >= 4 is 21.8 Å². The molecule has 8 nitrogen and oxygen atoms in total. The number of hydrogen-bond donors (Lipinski definition) is 1. The number of amides is 2. The Morgan fingerprint density at radius 3 is 2.30 bits per heavy atom. The van der Waals surface area contributed by atoms with Gasteiger partial charge in [-0.3, -0.25) is 9.59 Å². The minimum Gasteiger partial charge on any atom is -0.351 e. The van der Waals surface area contributed by atoms with Crippen LogP contribution in [0.2, 0.25) is 0 Å². The van der Waals surface area contributed by atoms with Gasteiger partial charge in [0.2, 0.25) is 21.8 Å². The Kier molecular flexibility index (Phi) is 5.29. The van der Waals surface area contributed by atoms with Crippen LogP contribution in [0.3, 0.4) is 0 Å². The zero-order valence-electron chi connectivity index (χ0n) is 18.9. The van der Waals surface area contributed by atoms with Gasteiger partial charge >= 0.3 is 0 Å². The standard InChI is InChI=1S/C24H30N4O4S/c1-17(29)26-24-13-18-10-19(14-24)12-23(11-18,16-24)22(30)27-6-8-28(9-7-27)33(31,32)21-5-3-2-4-20(21)15-25/h2-5,18-19H,6-14,16H2,1H3,(H,26,29)/t18-,19+,23?,24?. The maximum Gasteiger partial charge on any atom is 0.244 e. The van der Waals surface area contributed by atoms with Gasteiger partial charge < -0.3 is 10.2 Å². The lowest BCUT2D eigenvalue weighted by Gasteiger charge is -2.62. The summed E-state index contributed by atoms with van der Waals surface area (Å²) < 4.78 is 27.7. The van der Waals surface area contributed by atoms with Crippen molar-refractivity contribution in [1.29, 1.82) is 5.26 Å². The number of nitriles is 1. The molecule has 4 bridgehead atoms. The molecule has 1 aromatic carbocycles. The van der Waals surface area contributed by atoms with Crippen LogP contribution in [0.25, 0.3) is 0 Å². The van der Waals surface area contributed by atoms with Crippen LogP contribution >= 0.6 is 0 Å². The van der Waals surface area contributed by atoms with Gasteiger partial charge in [0.1, 0.15) is 6.07 Å². The Balaban J connectivity index is 1.31. The van der Waals surface area contributed by atoms with E-state index in [9.17, 15) is 23.3 Å². The molecule has 1 aliphatic heterocycles. The van der Waals surface area contributed by atoms with E-state index in [1.54, 1.807) is 19.1 Å². The Hall–Kier alpha value is -2.44. The summed E-state index contributed by atoms with van der Waals surface area (Å²) in [6.07, 6.45) is 5.50. The van der Waals surface area contributed by atoms with Crippen molar-refractivity contribution in [2.75, 3.05) is 26.2 Å². The molecule has 9 heteroatoms. The van der Waals surface area contributed by atoms with Gasteiger partial charge in [-0.1, -0.05) is 12.1 Å². The molecule has 6 rings (SSSR count). The Morgan fingerprint density at radius 1 is 1.06 bits per heavy atom. The molecule has 4 saturated carbocycles. The van der Waals surface area contributed by atoms with Crippen LogP contribution in [0, 0.1) is 28.6 Å². The van der Waals surface area contributed by atoms with Gasteiger partial charge in [0, 0.05) is 38.6 Å². The lowest BCUT2D eigenvalue weighted by Crippen LogP contribution is -2.66. The van der Waals surface area contributed by atoms with Gasteiger partial charge in [0.15, 0.2) is 0 Å². The fourth-order valence-corrected chi connectivity index (χ4v) is 8.99. The summed E-state index contributed by atoms with van der Waals surface area (Å²) >= 11 is 0. The van der Waals surface area contributed by atoms with Gasteiger partial charge in [-0.2, -0.15) is 9.57 Å². The second kappa shape index (κ2) is 7.81. The van der Waals surface area contributed by atoms with Crippen LogP contribution in [0.15, 0.2) is 29.2 Å². The van der Waals surface area contributed by atoms with Crippen LogP contribution in [0.5, 0.6) is 0 Å². The number of nitrogens with one attached hydrogen (secondary N) is 1. The summed E-state index contributed by atoms with van der Waals surface area (Å²) in [6.45, 7) is 2.67. The molecule has 4 aliphatic carbocycles. The minimum atomic E-state index is -3.80. The van der Waals surface area contributed by atoms with Crippen molar-refractivity contribution in [2.24, 2.45) is 17.3 Å². The lowest BCUT2D eigenvalue weighted by atomic mass is 9.46. The van der Waals surface area contributed by atoms with Gasteiger partial charge in [-0.25, -0.2) is 8.42 Å². The molecule has 4 atom stereocenters. The van der Waals surface area contributed by atoms with E-state index in [0.29, 0.717) is 31.3 Å². The smallest absolute Gasteiger partial charge is 0.244 e. The van der Waals surface area contributed by atoms with Crippen molar-refractivity contribution in [2.45, 2.75) is 55.9 Å². The maximum atomic E-state index is 13.8. The van der Waals surface area contributed by atoms with Gasteiger partial charge in [0.25, 0.3) is 0 Å². The first-order valence-electron chi connectivity index (χ1n) is 11.7. The Morgan fingerprint density at radius 2 is 1.70 bits per heavy atom. The zero-order chi connectivity index (χ0) is 23.4. The quantitative estimate of drug-likeness (QED) is 0.722. The summed E-state index contributed by atoms with van der Waals surface area (Å²) in [4.78, 5) is 27.6. The monoisotopic (exact) mass is 470 g/mol. The van der Waals surface area contributed by atoms with Crippen LogP contribution in [-0.4, -0.2) is 61.2 Å². The summed E-state index contributed by atoms with van der Waals surface area (Å²) in [5.74, 6) is 1.02. The molecular weight excluding hydrogens is 440 g/mol. The average Bonchev–Trinajstić information content (AvgIpc) is 2.77. The first kappa shape index (κ1) is 22.4. The molecular formula is C24H30N4O4S. The molecule has 5 aliphatic rings. The number of sulfonamides is 1. The molecule has 5 fully saturated rings. The summed E-state index contributed by atoms with van der Waals surface area (Å²) in [5.41, 5.74) is -0.577. The van der Waals surface area contributed by atoms with Crippen LogP contribution in [0.1, 0.15) is 51.0 Å². The van der Waals surface area contributed by atoms with E-state index in [1.165, 1.54) is 16.4 Å². The first-order valence-corrected chi connectivity index (χ1v) is 13.2. The van der Waals surface area contributed by atoms with Gasteiger partial charge in [-0.05, 0) is 62.5 Å². The second-order valence-corrected chi connectivity index (χ2v) is 12.4. The summed E-state index contributed by atoms with van der Waals surface area (Å²) in [5, 5.41) is 12.5. The molecule has 1 N–H and O–H groups in total.